The fourth-order valence-electron chi connectivity index (χ4n) is 3.99. The molecule has 1 unspecified atom stereocenters. The zero-order valence-electron chi connectivity index (χ0n) is 15.3. The van der Waals surface area contributed by atoms with Crippen LogP contribution >= 0.6 is 0 Å². The second-order valence-electron chi connectivity index (χ2n) is 7.43. The number of morpholine rings is 1. The molecule has 1 aliphatic carbocycles. The van der Waals surface area contributed by atoms with Crippen LogP contribution in [0.25, 0.3) is 0 Å². The van der Waals surface area contributed by atoms with Crippen LogP contribution in [0.15, 0.2) is 54.6 Å². The molecule has 2 aliphatic rings. The number of nitrogens with one attached hydrogen (secondary N) is 1. The zero-order valence-corrected chi connectivity index (χ0v) is 15.3. The van der Waals surface area contributed by atoms with E-state index in [2.05, 4.69) is 41.4 Å². The molecule has 2 aromatic rings. The number of hydrogen-bond acceptors (Lipinski definition) is 3. The Morgan fingerprint density at radius 3 is 2.46 bits per heavy atom. The third-order valence-corrected chi connectivity index (χ3v) is 5.70. The Kier molecular flexibility index (Phi) is 4.68. The predicted octanol–water partition coefficient (Wildman–Crippen LogP) is 3.97. The van der Waals surface area contributed by atoms with Crippen molar-refractivity contribution in [1.29, 1.82) is 0 Å². The molecular formula is C22H26N2O2. The molecule has 1 amide bonds. The monoisotopic (exact) mass is 350 g/mol. The van der Waals surface area contributed by atoms with Crippen LogP contribution in [0.5, 0.6) is 0 Å². The van der Waals surface area contributed by atoms with Gasteiger partial charge in [0.05, 0.1) is 18.1 Å². The number of rotatable bonds is 4. The molecule has 1 heterocycles. The van der Waals surface area contributed by atoms with Crippen molar-refractivity contribution in [3.63, 3.8) is 0 Å². The van der Waals surface area contributed by atoms with Crippen molar-refractivity contribution >= 4 is 17.3 Å². The molecule has 1 aliphatic heterocycles. The summed E-state index contributed by atoms with van der Waals surface area (Å²) in [6.07, 6.45) is 3.21. The van der Waals surface area contributed by atoms with Crippen LogP contribution in [0.4, 0.5) is 11.4 Å². The van der Waals surface area contributed by atoms with Gasteiger partial charge in [0.15, 0.2) is 0 Å². The fraction of sp³-hybridized carbons (Fsp3) is 0.409. The first kappa shape index (κ1) is 17.1. The van der Waals surface area contributed by atoms with E-state index in [-0.39, 0.29) is 17.4 Å². The van der Waals surface area contributed by atoms with E-state index in [0.29, 0.717) is 0 Å². The van der Waals surface area contributed by atoms with Crippen molar-refractivity contribution in [2.45, 2.75) is 37.7 Å². The Morgan fingerprint density at radius 1 is 1.12 bits per heavy atom. The van der Waals surface area contributed by atoms with Crippen LogP contribution in [0.2, 0.25) is 0 Å². The molecule has 0 radical (unpaired) electrons. The lowest BCUT2D eigenvalue weighted by Crippen LogP contribution is -2.46. The second kappa shape index (κ2) is 7.12. The standard InChI is InChI=1S/C22H26N2O2/c1-17-16-24(14-15-26-17)20-10-8-19(9-11-20)23-21(25)22(12-5-13-22)18-6-3-2-4-7-18/h2-4,6-11,17H,5,12-16H2,1H3,(H,23,25). The summed E-state index contributed by atoms with van der Waals surface area (Å²) in [5, 5.41) is 3.14. The number of anilines is 2. The Bertz CT molecular complexity index is 753. The van der Waals surface area contributed by atoms with E-state index in [1.807, 2.05) is 30.3 Å². The summed E-state index contributed by atoms with van der Waals surface area (Å²) in [6, 6.07) is 18.4. The molecule has 4 heteroatoms. The lowest BCUT2D eigenvalue weighted by molar-refractivity contribution is -0.124. The Balaban J connectivity index is 1.46. The van der Waals surface area contributed by atoms with Gasteiger partial charge in [-0.3, -0.25) is 4.79 Å². The van der Waals surface area contributed by atoms with E-state index in [9.17, 15) is 4.79 Å². The van der Waals surface area contributed by atoms with Gasteiger partial charge in [-0.1, -0.05) is 36.8 Å². The number of carbonyl (C=O) groups excluding carboxylic acids is 1. The normalized spacial score (nSPS) is 21.7. The summed E-state index contributed by atoms with van der Waals surface area (Å²) in [6.45, 7) is 4.68. The van der Waals surface area contributed by atoms with Crippen molar-refractivity contribution in [1.82, 2.24) is 0 Å². The van der Waals surface area contributed by atoms with Gasteiger partial charge in [-0.15, -0.1) is 0 Å². The predicted molar refractivity (Wildman–Crippen MR) is 105 cm³/mol. The van der Waals surface area contributed by atoms with Crippen molar-refractivity contribution in [2.24, 2.45) is 0 Å². The average molecular weight is 350 g/mol. The van der Waals surface area contributed by atoms with Crippen molar-refractivity contribution < 1.29 is 9.53 Å². The van der Waals surface area contributed by atoms with Crippen LogP contribution in [-0.2, 0) is 14.9 Å². The van der Waals surface area contributed by atoms with Crippen LogP contribution in [0.1, 0.15) is 31.7 Å². The van der Waals surface area contributed by atoms with Crippen LogP contribution in [0.3, 0.4) is 0 Å². The molecule has 2 fully saturated rings. The lowest BCUT2D eigenvalue weighted by Gasteiger charge is -2.40. The summed E-state index contributed by atoms with van der Waals surface area (Å²) in [7, 11) is 0. The highest BCUT2D eigenvalue weighted by molar-refractivity contribution is 6.00. The third kappa shape index (κ3) is 3.21. The minimum atomic E-state index is -0.362. The van der Waals surface area contributed by atoms with E-state index < -0.39 is 0 Å². The van der Waals surface area contributed by atoms with Crippen LogP contribution in [0, 0.1) is 0 Å². The first-order valence-electron chi connectivity index (χ1n) is 9.51. The summed E-state index contributed by atoms with van der Waals surface area (Å²) in [5.74, 6) is 0.114. The van der Waals surface area contributed by atoms with Gasteiger partial charge < -0.3 is 15.0 Å². The van der Waals surface area contributed by atoms with E-state index in [1.165, 1.54) is 5.69 Å². The Labute approximate surface area is 155 Å². The van der Waals surface area contributed by atoms with E-state index in [1.54, 1.807) is 0 Å². The molecule has 1 saturated heterocycles. The van der Waals surface area contributed by atoms with Crippen molar-refractivity contribution in [3.05, 3.63) is 60.2 Å². The third-order valence-electron chi connectivity index (χ3n) is 5.70. The average Bonchev–Trinajstić information content (AvgIpc) is 2.62. The first-order valence-corrected chi connectivity index (χ1v) is 9.51. The van der Waals surface area contributed by atoms with Gasteiger partial charge in [-0.2, -0.15) is 0 Å². The van der Waals surface area contributed by atoms with Gasteiger partial charge in [0.2, 0.25) is 5.91 Å². The molecule has 0 spiro atoms. The van der Waals surface area contributed by atoms with Crippen molar-refractivity contribution in [3.8, 4) is 0 Å². The van der Waals surface area contributed by atoms with E-state index >= 15 is 0 Å². The van der Waals surface area contributed by atoms with Gasteiger partial charge in [-0.05, 0) is 49.6 Å². The Morgan fingerprint density at radius 2 is 1.85 bits per heavy atom. The molecule has 0 aromatic heterocycles. The maximum Gasteiger partial charge on any atom is 0.235 e. The van der Waals surface area contributed by atoms with Crippen LogP contribution in [-0.4, -0.2) is 31.7 Å². The maximum absolute atomic E-state index is 13.0. The summed E-state index contributed by atoms with van der Waals surface area (Å²) < 4.78 is 5.61. The van der Waals surface area contributed by atoms with Crippen LogP contribution < -0.4 is 10.2 Å². The van der Waals surface area contributed by atoms with E-state index in [4.69, 9.17) is 4.74 Å². The molecule has 4 nitrogen and oxygen atoms in total. The molecule has 2 aromatic carbocycles. The number of ether oxygens (including phenoxy) is 1. The summed E-state index contributed by atoms with van der Waals surface area (Å²) in [4.78, 5) is 15.3. The lowest BCUT2D eigenvalue weighted by atomic mass is 9.64. The molecular weight excluding hydrogens is 324 g/mol. The molecule has 0 bridgehead atoms. The number of nitrogens with zero attached hydrogens (tertiary/aromatic N) is 1. The maximum atomic E-state index is 13.0. The van der Waals surface area contributed by atoms with Gasteiger partial charge in [0.1, 0.15) is 0 Å². The minimum absolute atomic E-state index is 0.114. The topological polar surface area (TPSA) is 41.6 Å². The highest BCUT2D eigenvalue weighted by atomic mass is 16.5. The molecule has 4 rings (SSSR count). The largest absolute Gasteiger partial charge is 0.375 e. The number of carbonyl (C=O) groups is 1. The molecule has 1 atom stereocenters. The van der Waals surface area contributed by atoms with Gasteiger partial charge >= 0.3 is 0 Å². The Hall–Kier alpha value is -2.33. The van der Waals surface area contributed by atoms with Crippen molar-refractivity contribution in [2.75, 3.05) is 29.9 Å². The zero-order chi connectivity index (χ0) is 18.0. The van der Waals surface area contributed by atoms with Gasteiger partial charge in [0, 0.05) is 24.5 Å². The van der Waals surface area contributed by atoms with E-state index in [0.717, 1.165) is 50.2 Å². The molecule has 1 saturated carbocycles. The quantitative estimate of drug-likeness (QED) is 0.907. The summed E-state index contributed by atoms with van der Waals surface area (Å²) >= 11 is 0. The fourth-order valence-corrected chi connectivity index (χ4v) is 3.99. The minimum Gasteiger partial charge on any atom is -0.375 e. The smallest absolute Gasteiger partial charge is 0.235 e. The molecule has 1 N–H and O–H groups in total. The number of amides is 1. The number of benzene rings is 2. The van der Waals surface area contributed by atoms with Gasteiger partial charge in [0.25, 0.3) is 0 Å². The highest BCUT2D eigenvalue weighted by Crippen LogP contribution is 2.44. The molecule has 26 heavy (non-hydrogen) atoms. The van der Waals surface area contributed by atoms with Gasteiger partial charge in [-0.25, -0.2) is 0 Å². The number of hydrogen-bond donors (Lipinski definition) is 1. The highest BCUT2D eigenvalue weighted by Gasteiger charge is 2.45. The first-order chi connectivity index (χ1) is 12.7. The molecule has 136 valence electrons. The summed E-state index contributed by atoms with van der Waals surface area (Å²) in [5.41, 5.74) is 2.81. The SMILES string of the molecule is CC1CN(c2ccc(NC(=O)C3(c4ccccc4)CCC3)cc2)CCO1. The second-order valence-corrected chi connectivity index (χ2v) is 7.43.